The fraction of sp³-hybridized carbons (Fsp3) is 0. The van der Waals surface area contributed by atoms with Gasteiger partial charge in [-0.2, -0.15) is 0 Å². The third-order valence-electron chi connectivity index (χ3n) is 11.9. The van der Waals surface area contributed by atoms with Crippen LogP contribution in [0.3, 0.4) is 0 Å². The van der Waals surface area contributed by atoms with Gasteiger partial charge in [0.25, 0.3) is 0 Å². The molecular formula is C52H30N4S. The number of para-hydroxylation sites is 1. The first-order chi connectivity index (χ1) is 28.2. The van der Waals surface area contributed by atoms with Gasteiger partial charge < -0.3 is 4.57 Å². The Bertz CT molecular complexity index is 3690. The molecular weight excluding hydrogens is 713 g/mol. The zero-order valence-electron chi connectivity index (χ0n) is 30.5. The van der Waals surface area contributed by atoms with Crippen LogP contribution in [-0.2, 0) is 0 Å². The van der Waals surface area contributed by atoms with Gasteiger partial charge in [0.2, 0.25) is 5.95 Å². The fourth-order valence-electron chi connectivity index (χ4n) is 9.24. The monoisotopic (exact) mass is 742 g/mol. The molecule has 0 unspecified atom stereocenters. The first-order valence-corrected chi connectivity index (χ1v) is 20.1. The van der Waals surface area contributed by atoms with Crippen LogP contribution in [-0.4, -0.2) is 19.1 Å². The molecule has 57 heavy (non-hydrogen) atoms. The summed E-state index contributed by atoms with van der Waals surface area (Å²) in [5, 5.41) is 10.9. The Hall–Kier alpha value is -7.21. The molecule has 264 valence electrons. The summed E-state index contributed by atoms with van der Waals surface area (Å²) in [4.78, 5) is 13.0. The van der Waals surface area contributed by atoms with Crippen molar-refractivity contribution < 1.29 is 0 Å². The first-order valence-electron chi connectivity index (χ1n) is 19.3. The third-order valence-corrected chi connectivity index (χ3v) is 13.0. The molecule has 5 heteroatoms. The summed E-state index contributed by atoms with van der Waals surface area (Å²) in [6.45, 7) is 0. The Morgan fingerprint density at radius 2 is 1.02 bits per heavy atom. The van der Waals surface area contributed by atoms with Crippen molar-refractivity contribution in [1.29, 1.82) is 0 Å². The standard InChI is InChI=1S/C52H30N4S/c1-2-11-32-26-37(23-20-31(32)10-1)55-45-24-21-36(29-41(45)42-27-33-12-3-4-13-34(33)30-47(42)55)35-22-25-46-40(28-35)38-14-5-7-17-44(38)56(46)52-53-43-16-9-19-49-50(43)51(54-52)39-15-6-8-18-48(39)57-49/h1-30H. The van der Waals surface area contributed by atoms with Crippen LogP contribution in [0.5, 0.6) is 0 Å². The summed E-state index contributed by atoms with van der Waals surface area (Å²) in [6, 6.07) is 66.2. The molecule has 4 nitrogen and oxygen atoms in total. The molecule has 9 aromatic carbocycles. The van der Waals surface area contributed by atoms with E-state index in [1.54, 1.807) is 11.8 Å². The maximum atomic E-state index is 5.36. The third kappa shape index (κ3) is 4.52. The molecule has 0 N–H and O–H groups in total. The van der Waals surface area contributed by atoms with E-state index in [4.69, 9.17) is 9.97 Å². The zero-order chi connectivity index (χ0) is 37.2. The van der Waals surface area contributed by atoms with Gasteiger partial charge in [-0.1, -0.05) is 121 Å². The van der Waals surface area contributed by atoms with Crippen LogP contribution in [0.15, 0.2) is 192 Å². The number of aromatic nitrogens is 4. The normalized spacial score (nSPS) is 12.5. The quantitative estimate of drug-likeness (QED) is 0.181. The second-order valence-electron chi connectivity index (χ2n) is 15.0. The van der Waals surface area contributed by atoms with E-state index in [0.29, 0.717) is 5.95 Å². The summed E-state index contributed by atoms with van der Waals surface area (Å²) in [7, 11) is 0. The van der Waals surface area contributed by atoms with Gasteiger partial charge in [0, 0.05) is 48.0 Å². The molecule has 0 bridgehead atoms. The SMILES string of the molecule is c1ccc2c(c1)Sc1cccc3nc(-n4c5ccccc5c5cc(-c6ccc7c(c6)c6cc8ccccc8cc6n7-c6ccc7ccccc7c6)ccc54)nc-2c13. The molecule has 3 aromatic heterocycles. The van der Waals surface area contributed by atoms with E-state index in [-0.39, 0.29) is 0 Å². The molecule has 13 rings (SSSR count). The smallest absolute Gasteiger partial charge is 0.235 e. The Morgan fingerprint density at radius 3 is 1.86 bits per heavy atom. The molecule has 1 aliphatic rings. The lowest BCUT2D eigenvalue weighted by atomic mass is 10.00. The van der Waals surface area contributed by atoms with E-state index in [1.165, 1.54) is 75.0 Å². The number of hydrogen-bond acceptors (Lipinski definition) is 3. The Kier molecular flexibility index (Phi) is 6.35. The predicted octanol–water partition coefficient (Wildman–Crippen LogP) is 13.9. The van der Waals surface area contributed by atoms with E-state index in [2.05, 4.69) is 191 Å². The van der Waals surface area contributed by atoms with Crippen molar-refractivity contribution >= 4 is 87.8 Å². The van der Waals surface area contributed by atoms with Crippen molar-refractivity contribution in [3.05, 3.63) is 182 Å². The molecule has 0 saturated heterocycles. The maximum Gasteiger partial charge on any atom is 0.235 e. The highest BCUT2D eigenvalue weighted by Gasteiger charge is 2.24. The minimum atomic E-state index is 0.686. The highest BCUT2D eigenvalue weighted by atomic mass is 32.2. The van der Waals surface area contributed by atoms with Crippen molar-refractivity contribution in [3.8, 4) is 34.0 Å². The van der Waals surface area contributed by atoms with Crippen molar-refractivity contribution in [2.75, 3.05) is 0 Å². The van der Waals surface area contributed by atoms with Gasteiger partial charge in [0.05, 0.1) is 33.3 Å². The molecule has 0 saturated carbocycles. The topological polar surface area (TPSA) is 35.6 Å². The number of rotatable bonds is 3. The van der Waals surface area contributed by atoms with Gasteiger partial charge in [-0.15, -0.1) is 0 Å². The summed E-state index contributed by atoms with van der Waals surface area (Å²) in [6.07, 6.45) is 0. The first kappa shape index (κ1) is 31.0. The van der Waals surface area contributed by atoms with Crippen LogP contribution in [0.2, 0.25) is 0 Å². The zero-order valence-corrected chi connectivity index (χ0v) is 31.3. The summed E-state index contributed by atoms with van der Waals surface area (Å²) in [5.74, 6) is 0.686. The van der Waals surface area contributed by atoms with Gasteiger partial charge >= 0.3 is 0 Å². The molecule has 0 atom stereocenters. The lowest BCUT2D eigenvalue weighted by molar-refractivity contribution is 1.01. The van der Waals surface area contributed by atoms with Crippen molar-refractivity contribution in [2.24, 2.45) is 0 Å². The van der Waals surface area contributed by atoms with Gasteiger partial charge in [-0.25, -0.2) is 9.97 Å². The summed E-state index contributed by atoms with van der Waals surface area (Å²) < 4.78 is 4.67. The van der Waals surface area contributed by atoms with Crippen LogP contribution in [0.4, 0.5) is 0 Å². The van der Waals surface area contributed by atoms with E-state index in [1.807, 2.05) is 0 Å². The molecule has 4 heterocycles. The lowest BCUT2D eigenvalue weighted by Crippen LogP contribution is -2.05. The van der Waals surface area contributed by atoms with Gasteiger partial charge in [0.1, 0.15) is 0 Å². The van der Waals surface area contributed by atoms with Crippen LogP contribution in [0, 0.1) is 0 Å². The van der Waals surface area contributed by atoms with E-state index < -0.39 is 0 Å². The number of benzene rings is 9. The van der Waals surface area contributed by atoms with Crippen LogP contribution >= 0.6 is 11.8 Å². The van der Waals surface area contributed by atoms with Gasteiger partial charge in [0.15, 0.2) is 0 Å². The minimum Gasteiger partial charge on any atom is -0.309 e. The van der Waals surface area contributed by atoms with E-state index in [0.717, 1.165) is 38.9 Å². The molecule has 0 amide bonds. The van der Waals surface area contributed by atoms with E-state index in [9.17, 15) is 0 Å². The van der Waals surface area contributed by atoms with Crippen LogP contribution < -0.4 is 0 Å². The van der Waals surface area contributed by atoms with Crippen molar-refractivity contribution in [1.82, 2.24) is 19.1 Å². The van der Waals surface area contributed by atoms with Crippen LogP contribution in [0.1, 0.15) is 0 Å². The molecule has 0 fully saturated rings. The van der Waals surface area contributed by atoms with E-state index >= 15 is 0 Å². The van der Waals surface area contributed by atoms with Gasteiger partial charge in [-0.05, 0) is 105 Å². The summed E-state index contributed by atoms with van der Waals surface area (Å²) >= 11 is 1.80. The molecule has 12 aromatic rings. The van der Waals surface area contributed by atoms with Gasteiger partial charge in [-0.3, -0.25) is 4.57 Å². The molecule has 0 aliphatic carbocycles. The predicted molar refractivity (Wildman–Crippen MR) is 238 cm³/mol. The Labute approximate surface area is 331 Å². The van der Waals surface area contributed by atoms with Crippen LogP contribution in [0.25, 0.3) is 110 Å². The average Bonchev–Trinajstić information content (AvgIpc) is 3.77. The van der Waals surface area contributed by atoms with Crippen molar-refractivity contribution in [2.45, 2.75) is 9.79 Å². The Balaban J connectivity index is 1.02. The highest BCUT2D eigenvalue weighted by Crippen LogP contribution is 2.47. The minimum absolute atomic E-state index is 0.686. The van der Waals surface area contributed by atoms with Crippen molar-refractivity contribution in [3.63, 3.8) is 0 Å². The second kappa shape index (κ2) is 11.7. The number of fused-ring (bicyclic) bond motifs is 10. The molecule has 0 spiro atoms. The number of hydrogen-bond donors (Lipinski definition) is 0. The lowest BCUT2D eigenvalue weighted by Gasteiger charge is -2.20. The summed E-state index contributed by atoms with van der Waals surface area (Å²) in [5.41, 5.74) is 11.2. The highest BCUT2D eigenvalue weighted by molar-refractivity contribution is 7.99. The molecule has 0 radical (unpaired) electrons. The largest absolute Gasteiger partial charge is 0.309 e. The maximum absolute atomic E-state index is 5.36. The Morgan fingerprint density at radius 1 is 0.386 bits per heavy atom. The number of nitrogens with zero attached hydrogens (tertiary/aromatic N) is 4. The fourth-order valence-corrected chi connectivity index (χ4v) is 10.3. The second-order valence-corrected chi connectivity index (χ2v) is 16.1. The average molecular weight is 743 g/mol. The molecule has 1 aliphatic heterocycles.